The van der Waals surface area contributed by atoms with Gasteiger partial charge >= 0.3 is 5.97 Å². The monoisotopic (exact) mass is 560 g/mol. The van der Waals surface area contributed by atoms with Gasteiger partial charge < -0.3 is 10.4 Å². The van der Waals surface area contributed by atoms with Crippen molar-refractivity contribution in [3.05, 3.63) is 59.7 Å². The lowest BCUT2D eigenvalue weighted by Crippen LogP contribution is -2.37. The molecule has 0 radical (unpaired) electrons. The zero-order valence-electron chi connectivity index (χ0n) is 16.6. The first-order valence-corrected chi connectivity index (χ1v) is 12.0. The molecule has 2 aromatic rings. The summed E-state index contributed by atoms with van der Waals surface area (Å²) in [5.41, 5.74) is 0.904. The Morgan fingerprint density at radius 2 is 1.47 bits per heavy atom. The molecule has 6 atom stereocenters. The van der Waals surface area contributed by atoms with Gasteiger partial charge in [0.2, 0.25) is 11.8 Å². The van der Waals surface area contributed by atoms with Gasteiger partial charge in [0, 0.05) is 15.2 Å². The van der Waals surface area contributed by atoms with Crippen LogP contribution in [0.1, 0.15) is 27.1 Å². The molecule has 164 valence electrons. The number of alkyl halides is 2. The highest BCUT2D eigenvalue weighted by atomic mass is 79.9. The summed E-state index contributed by atoms with van der Waals surface area (Å²) in [5, 5.41) is 11.9. The zero-order valence-corrected chi connectivity index (χ0v) is 19.7. The first-order chi connectivity index (χ1) is 15.3. The van der Waals surface area contributed by atoms with E-state index in [2.05, 4.69) is 37.2 Å². The fraction of sp³-hybridized carbons (Fsp3) is 0.304. The number of carbonyl (C=O) groups is 4. The molecule has 3 fully saturated rings. The molecule has 1 heterocycles. The predicted octanol–water partition coefficient (Wildman–Crippen LogP) is 3.92. The van der Waals surface area contributed by atoms with Crippen LogP contribution in [0.3, 0.4) is 0 Å². The van der Waals surface area contributed by atoms with Crippen molar-refractivity contribution in [2.45, 2.75) is 16.1 Å². The van der Waals surface area contributed by atoms with E-state index in [-0.39, 0.29) is 62.0 Å². The van der Waals surface area contributed by atoms with Crippen molar-refractivity contribution in [1.82, 2.24) is 0 Å². The van der Waals surface area contributed by atoms with Crippen LogP contribution in [0, 0.1) is 23.7 Å². The highest BCUT2D eigenvalue weighted by Gasteiger charge is 2.66. The molecule has 1 saturated heterocycles. The molecule has 2 aromatic carbocycles. The zero-order chi connectivity index (χ0) is 22.7. The standard InChI is InChI=1S/C23H18Br2N2O5/c24-18-13-9-14(19(18)25)17-16(13)21(29)27(22(17)30)11-7-5-10(6-8-11)20(28)26-15-4-2-1-3-12(15)23(31)32/h1-8,13-14,16-19H,9H2,(H,26,28)(H,31,32)/t13-,14-,16-,17-,18+,19+/m1/s1. The van der Waals surface area contributed by atoms with E-state index in [4.69, 9.17) is 0 Å². The number of halogens is 2. The number of para-hydroxylation sites is 1. The maximum absolute atomic E-state index is 13.1. The second-order valence-corrected chi connectivity index (χ2v) is 10.5. The van der Waals surface area contributed by atoms with Crippen molar-refractivity contribution in [2.24, 2.45) is 23.7 Å². The number of nitrogens with zero attached hydrogens (tertiary/aromatic N) is 1. The third-order valence-electron chi connectivity index (χ3n) is 6.78. The SMILES string of the molecule is O=C(Nc1ccccc1C(=O)O)c1ccc(N2C(=O)[C@@H]3[C@H]4C[C@@H]([C@H](Br)[C@H]4Br)[C@H]3C2=O)cc1. The molecule has 9 heteroatoms. The maximum Gasteiger partial charge on any atom is 0.337 e. The summed E-state index contributed by atoms with van der Waals surface area (Å²) in [6, 6.07) is 12.3. The molecule has 2 saturated carbocycles. The van der Waals surface area contributed by atoms with Crippen molar-refractivity contribution < 1.29 is 24.3 Å². The van der Waals surface area contributed by atoms with Crippen LogP contribution in [0.4, 0.5) is 11.4 Å². The summed E-state index contributed by atoms with van der Waals surface area (Å²) in [7, 11) is 0. The largest absolute Gasteiger partial charge is 0.478 e. The number of hydrogen-bond acceptors (Lipinski definition) is 4. The Morgan fingerprint density at radius 1 is 0.906 bits per heavy atom. The summed E-state index contributed by atoms with van der Waals surface area (Å²) in [5.74, 6) is -2.32. The number of carboxylic acid groups (broad SMARTS) is 1. The minimum Gasteiger partial charge on any atom is -0.478 e. The fourth-order valence-electron chi connectivity index (χ4n) is 5.34. The van der Waals surface area contributed by atoms with E-state index >= 15 is 0 Å². The van der Waals surface area contributed by atoms with Gasteiger partial charge in [0.05, 0.1) is 28.8 Å². The normalized spacial score (nSPS) is 30.5. The summed E-state index contributed by atoms with van der Waals surface area (Å²) in [4.78, 5) is 51.8. The van der Waals surface area contributed by atoms with Gasteiger partial charge in [-0.05, 0) is 54.7 Å². The van der Waals surface area contributed by atoms with Gasteiger partial charge in [0.25, 0.3) is 5.91 Å². The Bertz CT molecular complexity index is 1120. The lowest BCUT2D eigenvalue weighted by Gasteiger charge is -2.28. The van der Waals surface area contributed by atoms with Gasteiger partial charge in [-0.1, -0.05) is 44.0 Å². The Morgan fingerprint density at radius 3 is 2.03 bits per heavy atom. The maximum atomic E-state index is 13.1. The highest BCUT2D eigenvalue weighted by Crippen LogP contribution is 2.60. The molecular weight excluding hydrogens is 544 g/mol. The Kier molecular flexibility index (Phi) is 5.21. The molecular formula is C23H18Br2N2O5. The molecule has 32 heavy (non-hydrogen) atoms. The summed E-state index contributed by atoms with van der Waals surface area (Å²) >= 11 is 7.35. The molecule has 2 aliphatic carbocycles. The van der Waals surface area contributed by atoms with E-state index in [1.807, 2.05) is 0 Å². The second-order valence-electron chi connectivity index (χ2n) is 8.37. The first-order valence-electron chi connectivity index (χ1n) is 10.2. The number of fused-ring (bicyclic) bond motifs is 5. The Hall–Kier alpha value is -2.52. The molecule has 3 amide bonds. The van der Waals surface area contributed by atoms with Crippen molar-refractivity contribution in [2.75, 3.05) is 10.2 Å². The van der Waals surface area contributed by atoms with Crippen LogP contribution in [-0.4, -0.2) is 38.5 Å². The van der Waals surface area contributed by atoms with Crippen LogP contribution in [0.25, 0.3) is 0 Å². The Balaban J connectivity index is 1.36. The quantitative estimate of drug-likeness (QED) is 0.435. The number of benzene rings is 2. The molecule has 2 N–H and O–H groups in total. The van der Waals surface area contributed by atoms with Crippen LogP contribution in [0.5, 0.6) is 0 Å². The number of hydrogen-bond donors (Lipinski definition) is 2. The van der Waals surface area contributed by atoms with Crippen LogP contribution in [-0.2, 0) is 9.59 Å². The summed E-state index contributed by atoms with van der Waals surface area (Å²) < 4.78 is 0. The van der Waals surface area contributed by atoms with Gasteiger partial charge in [-0.15, -0.1) is 0 Å². The van der Waals surface area contributed by atoms with Gasteiger partial charge in [-0.25, -0.2) is 4.79 Å². The molecule has 5 rings (SSSR count). The number of aromatic carboxylic acids is 1. The van der Waals surface area contributed by atoms with Crippen LogP contribution < -0.4 is 10.2 Å². The molecule has 0 unspecified atom stereocenters. The van der Waals surface area contributed by atoms with E-state index in [9.17, 15) is 24.3 Å². The number of anilines is 2. The number of nitrogens with one attached hydrogen (secondary N) is 1. The van der Waals surface area contributed by atoms with Gasteiger partial charge in [0.1, 0.15) is 0 Å². The molecule has 1 aliphatic heterocycles. The minimum atomic E-state index is -1.14. The van der Waals surface area contributed by atoms with Crippen LogP contribution >= 0.6 is 31.9 Å². The highest BCUT2D eigenvalue weighted by molar-refractivity contribution is 9.12. The van der Waals surface area contributed by atoms with Crippen LogP contribution in [0.2, 0.25) is 0 Å². The second kappa shape index (κ2) is 7.81. The molecule has 0 spiro atoms. The molecule has 3 aliphatic rings. The molecule has 2 bridgehead atoms. The third-order valence-corrected chi connectivity index (χ3v) is 9.99. The topological polar surface area (TPSA) is 104 Å². The van der Waals surface area contributed by atoms with Crippen molar-refractivity contribution >= 4 is 66.9 Å². The van der Waals surface area contributed by atoms with E-state index < -0.39 is 11.9 Å². The van der Waals surface area contributed by atoms with Crippen molar-refractivity contribution in [3.8, 4) is 0 Å². The van der Waals surface area contributed by atoms with E-state index in [1.54, 1.807) is 24.3 Å². The van der Waals surface area contributed by atoms with E-state index in [1.165, 1.54) is 29.2 Å². The van der Waals surface area contributed by atoms with Crippen molar-refractivity contribution in [1.29, 1.82) is 0 Å². The lowest BCUT2D eigenvalue weighted by molar-refractivity contribution is -0.123. The average Bonchev–Trinajstić information content (AvgIpc) is 3.39. The Labute approximate surface area is 200 Å². The first kappa shape index (κ1) is 21.3. The molecule has 0 aromatic heterocycles. The fourth-order valence-corrected chi connectivity index (χ4v) is 7.21. The third kappa shape index (κ3) is 3.13. The van der Waals surface area contributed by atoms with Crippen molar-refractivity contribution in [3.63, 3.8) is 0 Å². The van der Waals surface area contributed by atoms with E-state index in [0.29, 0.717) is 5.69 Å². The predicted molar refractivity (Wildman–Crippen MR) is 124 cm³/mol. The van der Waals surface area contributed by atoms with E-state index in [0.717, 1.165) is 6.42 Å². The molecule has 7 nitrogen and oxygen atoms in total. The number of rotatable bonds is 4. The van der Waals surface area contributed by atoms with Crippen LogP contribution in [0.15, 0.2) is 48.5 Å². The number of imide groups is 1. The number of amides is 3. The van der Waals surface area contributed by atoms with Gasteiger partial charge in [0.15, 0.2) is 0 Å². The average molecular weight is 562 g/mol. The van der Waals surface area contributed by atoms with Gasteiger partial charge in [-0.3, -0.25) is 19.3 Å². The number of carboxylic acids is 1. The number of carbonyl (C=O) groups excluding carboxylic acids is 3. The summed E-state index contributed by atoms with van der Waals surface area (Å²) in [6.45, 7) is 0. The summed E-state index contributed by atoms with van der Waals surface area (Å²) in [6.07, 6.45) is 0.864. The lowest BCUT2D eigenvalue weighted by atomic mass is 9.81. The van der Waals surface area contributed by atoms with Gasteiger partial charge in [-0.2, -0.15) is 0 Å². The smallest absolute Gasteiger partial charge is 0.337 e. The minimum absolute atomic E-state index is 0.0120.